The molecule has 20 heavy (non-hydrogen) atoms. The van der Waals surface area contributed by atoms with Gasteiger partial charge in [0, 0.05) is 19.3 Å². The van der Waals surface area contributed by atoms with Crippen LogP contribution in [0, 0.1) is 0 Å². The summed E-state index contributed by atoms with van der Waals surface area (Å²) in [6, 6.07) is 9.43. The number of rotatable bonds is 3. The van der Waals surface area contributed by atoms with Crippen molar-refractivity contribution in [3.63, 3.8) is 0 Å². The highest BCUT2D eigenvalue weighted by molar-refractivity contribution is 6.33. The number of ether oxygens (including phenoxy) is 1. The van der Waals surface area contributed by atoms with Crippen molar-refractivity contribution in [3.05, 3.63) is 41.6 Å². The first-order valence-corrected chi connectivity index (χ1v) is 6.88. The Morgan fingerprint density at radius 1 is 1.15 bits per heavy atom. The molecule has 0 radical (unpaired) electrons. The minimum Gasteiger partial charge on any atom is -0.378 e. The SMILES string of the molecule is Clc1ccccc1Nc1nccc(N2CCOCC2)n1. The molecule has 0 saturated carbocycles. The summed E-state index contributed by atoms with van der Waals surface area (Å²) in [5.41, 5.74) is 0.799. The first-order chi connectivity index (χ1) is 9.83. The van der Waals surface area contributed by atoms with Gasteiger partial charge in [0.1, 0.15) is 5.82 Å². The summed E-state index contributed by atoms with van der Waals surface area (Å²) in [6.07, 6.45) is 1.75. The maximum atomic E-state index is 6.12. The average molecular weight is 291 g/mol. The summed E-state index contributed by atoms with van der Waals surface area (Å²) in [6.45, 7) is 3.17. The Morgan fingerprint density at radius 2 is 1.95 bits per heavy atom. The molecule has 1 aromatic carbocycles. The van der Waals surface area contributed by atoms with E-state index in [1.165, 1.54) is 0 Å². The molecular weight excluding hydrogens is 276 g/mol. The van der Waals surface area contributed by atoms with E-state index in [0.29, 0.717) is 11.0 Å². The van der Waals surface area contributed by atoms with Gasteiger partial charge in [-0.2, -0.15) is 4.98 Å². The van der Waals surface area contributed by atoms with Gasteiger partial charge in [-0.15, -0.1) is 0 Å². The van der Waals surface area contributed by atoms with Crippen molar-refractivity contribution in [1.29, 1.82) is 0 Å². The maximum absolute atomic E-state index is 6.12. The van der Waals surface area contributed by atoms with Crippen LogP contribution in [0.4, 0.5) is 17.5 Å². The van der Waals surface area contributed by atoms with E-state index in [2.05, 4.69) is 20.2 Å². The van der Waals surface area contributed by atoms with Gasteiger partial charge in [0.15, 0.2) is 0 Å². The Morgan fingerprint density at radius 3 is 2.75 bits per heavy atom. The third-order valence-corrected chi connectivity index (χ3v) is 3.43. The topological polar surface area (TPSA) is 50.3 Å². The molecule has 0 amide bonds. The van der Waals surface area contributed by atoms with E-state index in [4.69, 9.17) is 16.3 Å². The van der Waals surface area contributed by atoms with Crippen molar-refractivity contribution < 1.29 is 4.74 Å². The normalized spacial score (nSPS) is 15.2. The molecule has 1 fully saturated rings. The molecule has 1 aliphatic heterocycles. The van der Waals surface area contributed by atoms with E-state index in [-0.39, 0.29) is 0 Å². The third-order valence-electron chi connectivity index (χ3n) is 3.10. The van der Waals surface area contributed by atoms with Crippen molar-refractivity contribution in [2.45, 2.75) is 0 Å². The zero-order valence-electron chi connectivity index (χ0n) is 10.9. The van der Waals surface area contributed by atoms with Crippen LogP contribution in [0.25, 0.3) is 0 Å². The van der Waals surface area contributed by atoms with Gasteiger partial charge in [-0.05, 0) is 18.2 Å². The molecule has 0 bridgehead atoms. The molecule has 104 valence electrons. The van der Waals surface area contributed by atoms with Crippen LogP contribution in [-0.2, 0) is 4.74 Å². The number of halogens is 1. The number of morpholine rings is 1. The van der Waals surface area contributed by atoms with E-state index in [1.807, 2.05) is 30.3 Å². The lowest BCUT2D eigenvalue weighted by Gasteiger charge is -2.27. The van der Waals surface area contributed by atoms with Crippen LogP contribution in [0.1, 0.15) is 0 Å². The zero-order valence-corrected chi connectivity index (χ0v) is 11.7. The minimum absolute atomic E-state index is 0.544. The minimum atomic E-state index is 0.544. The number of anilines is 3. The summed E-state index contributed by atoms with van der Waals surface area (Å²) < 4.78 is 5.34. The quantitative estimate of drug-likeness (QED) is 0.942. The lowest BCUT2D eigenvalue weighted by Crippen LogP contribution is -2.36. The summed E-state index contributed by atoms with van der Waals surface area (Å²) >= 11 is 6.12. The second-order valence-corrected chi connectivity index (χ2v) is 4.85. The Balaban J connectivity index is 1.79. The Bertz CT molecular complexity index is 587. The van der Waals surface area contributed by atoms with Gasteiger partial charge in [0.25, 0.3) is 0 Å². The molecule has 6 heteroatoms. The summed E-state index contributed by atoms with van der Waals surface area (Å²) in [7, 11) is 0. The van der Waals surface area contributed by atoms with E-state index in [9.17, 15) is 0 Å². The van der Waals surface area contributed by atoms with Crippen LogP contribution in [0.15, 0.2) is 36.5 Å². The number of benzene rings is 1. The van der Waals surface area contributed by atoms with Crippen LogP contribution < -0.4 is 10.2 Å². The van der Waals surface area contributed by atoms with E-state index in [0.717, 1.165) is 37.8 Å². The standard InChI is InChI=1S/C14H15ClN4O/c15-11-3-1-2-4-12(11)17-14-16-6-5-13(18-14)19-7-9-20-10-8-19/h1-6H,7-10H2,(H,16,17,18). The van der Waals surface area contributed by atoms with Gasteiger partial charge >= 0.3 is 0 Å². The van der Waals surface area contributed by atoms with E-state index >= 15 is 0 Å². The summed E-state index contributed by atoms with van der Waals surface area (Å²) in [4.78, 5) is 10.9. The zero-order chi connectivity index (χ0) is 13.8. The van der Waals surface area contributed by atoms with Gasteiger partial charge in [0.2, 0.25) is 5.95 Å². The Labute approximate surface area is 122 Å². The van der Waals surface area contributed by atoms with Gasteiger partial charge in [-0.1, -0.05) is 23.7 Å². The second kappa shape index (κ2) is 6.07. The van der Waals surface area contributed by atoms with E-state index < -0.39 is 0 Å². The highest BCUT2D eigenvalue weighted by atomic mass is 35.5. The predicted octanol–water partition coefficient (Wildman–Crippen LogP) is 2.71. The predicted molar refractivity (Wildman–Crippen MR) is 79.8 cm³/mol. The second-order valence-electron chi connectivity index (χ2n) is 4.44. The Kier molecular flexibility index (Phi) is 3.99. The van der Waals surface area contributed by atoms with Crippen LogP contribution in [0.2, 0.25) is 5.02 Å². The monoisotopic (exact) mass is 290 g/mol. The molecule has 1 aromatic heterocycles. The smallest absolute Gasteiger partial charge is 0.229 e. The molecule has 0 spiro atoms. The molecule has 3 rings (SSSR count). The summed E-state index contributed by atoms with van der Waals surface area (Å²) in [5.74, 6) is 1.44. The number of hydrogen-bond donors (Lipinski definition) is 1. The molecular formula is C14H15ClN4O. The molecule has 1 aliphatic rings. The maximum Gasteiger partial charge on any atom is 0.229 e. The number of para-hydroxylation sites is 1. The van der Waals surface area contributed by atoms with Gasteiger partial charge in [-0.25, -0.2) is 4.98 Å². The van der Waals surface area contributed by atoms with Crippen molar-refractivity contribution in [3.8, 4) is 0 Å². The number of aromatic nitrogens is 2. The van der Waals surface area contributed by atoms with Crippen molar-refractivity contribution in [2.75, 3.05) is 36.5 Å². The molecule has 1 N–H and O–H groups in total. The first-order valence-electron chi connectivity index (χ1n) is 6.50. The fourth-order valence-corrected chi connectivity index (χ4v) is 2.24. The Hall–Kier alpha value is -1.85. The van der Waals surface area contributed by atoms with Crippen LogP contribution in [0.3, 0.4) is 0 Å². The van der Waals surface area contributed by atoms with Gasteiger partial charge < -0.3 is 15.0 Å². The molecule has 0 unspecified atom stereocenters. The molecule has 2 heterocycles. The van der Waals surface area contributed by atoms with E-state index in [1.54, 1.807) is 6.20 Å². The molecule has 2 aromatic rings. The van der Waals surface area contributed by atoms with Crippen LogP contribution in [-0.4, -0.2) is 36.3 Å². The van der Waals surface area contributed by atoms with Crippen molar-refractivity contribution in [1.82, 2.24) is 9.97 Å². The van der Waals surface area contributed by atoms with Gasteiger partial charge in [0.05, 0.1) is 23.9 Å². The number of hydrogen-bond acceptors (Lipinski definition) is 5. The van der Waals surface area contributed by atoms with Crippen LogP contribution >= 0.6 is 11.6 Å². The molecule has 1 saturated heterocycles. The van der Waals surface area contributed by atoms with Crippen molar-refractivity contribution >= 4 is 29.1 Å². The highest BCUT2D eigenvalue weighted by Gasteiger charge is 2.13. The highest BCUT2D eigenvalue weighted by Crippen LogP contribution is 2.24. The number of nitrogens with one attached hydrogen (secondary N) is 1. The third kappa shape index (κ3) is 3.00. The lowest BCUT2D eigenvalue weighted by atomic mass is 10.3. The molecule has 5 nitrogen and oxygen atoms in total. The van der Waals surface area contributed by atoms with Crippen molar-refractivity contribution in [2.24, 2.45) is 0 Å². The fraction of sp³-hybridized carbons (Fsp3) is 0.286. The van der Waals surface area contributed by atoms with Crippen LogP contribution in [0.5, 0.6) is 0 Å². The fourth-order valence-electron chi connectivity index (χ4n) is 2.06. The average Bonchev–Trinajstić information content (AvgIpc) is 2.51. The number of nitrogens with zero attached hydrogens (tertiary/aromatic N) is 3. The first kappa shape index (κ1) is 13.1. The largest absolute Gasteiger partial charge is 0.378 e. The lowest BCUT2D eigenvalue weighted by molar-refractivity contribution is 0.122. The molecule has 0 atom stereocenters. The summed E-state index contributed by atoms with van der Waals surface area (Å²) in [5, 5.41) is 3.79. The van der Waals surface area contributed by atoms with Gasteiger partial charge in [-0.3, -0.25) is 0 Å². The molecule has 0 aliphatic carbocycles.